The summed E-state index contributed by atoms with van der Waals surface area (Å²) in [6, 6.07) is 5.55. The van der Waals surface area contributed by atoms with Gasteiger partial charge in [0.2, 0.25) is 0 Å². The number of benzene rings is 1. The summed E-state index contributed by atoms with van der Waals surface area (Å²) in [5.74, 6) is 1.09. The molecule has 0 aliphatic carbocycles. The van der Waals surface area contributed by atoms with Gasteiger partial charge in [0.25, 0.3) is 5.91 Å². The fourth-order valence-electron chi connectivity index (χ4n) is 3.38. The van der Waals surface area contributed by atoms with Crippen molar-refractivity contribution in [1.82, 2.24) is 25.2 Å². The summed E-state index contributed by atoms with van der Waals surface area (Å²) in [5.41, 5.74) is 1.22. The van der Waals surface area contributed by atoms with Crippen molar-refractivity contribution >= 4 is 5.91 Å². The minimum absolute atomic E-state index is 0.160. The molecular weight excluding hydrogens is 358 g/mol. The molecule has 1 aliphatic heterocycles. The van der Waals surface area contributed by atoms with Crippen molar-refractivity contribution in [3.8, 4) is 11.5 Å². The van der Waals surface area contributed by atoms with Gasteiger partial charge in [-0.3, -0.25) is 9.69 Å². The summed E-state index contributed by atoms with van der Waals surface area (Å²) in [4.78, 5) is 14.5. The number of aromatic nitrogens is 3. The molecule has 0 spiro atoms. The number of carbonyl (C=O) groups is 1. The van der Waals surface area contributed by atoms with Crippen LogP contribution in [0.25, 0.3) is 0 Å². The highest BCUT2D eigenvalue weighted by molar-refractivity contribution is 5.91. The molecule has 0 bridgehead atoms. The number of phenols is 1. The van der Waals surface area contributed by atoms with Crippen molar-refractivity contribution < 1.29 is 14.6 Å². The molecule has 1 saturated heterocycles. The first-order valence-electron chi connectivity index (χ1n) is 9.74. The third kappa shape index (κ3) is 5.01. The highest BCUT2D eigenvalue weighted by Gasteiger charge is 2.24. The zero-order valence-corrected chi connectivity index (χ0v) is 16.8. The second-order valence-electron chi connectivity index (χ2n) is 7.71. The number of hydrogen-bond acceptors (Lipinski definition) is 6. The summed E-state index contributed by atoms with van der Waals surface area (Å²) < 4.78 is 6.94. The number of rotatable bonds is 7. The summed E-state index contributed by atoms with van der Waals surface area (Å²) in [5, 5.41) is 21.3. The highest BCUT2D eigenvalue weighted by atomic mass is 16.5. The van der Waals surface area contributed by atoms with Gasteiger partial charge in [-0.05, 0) is 31.4 Å². The minimum atomic E-state index is -0.184. The lowest BCUT2D eigenvalue weighted by Crippen LogP contribution is -2.36. The molecule has 2 aromatic rings. The number of piperidine rings is 1. The molecule has 0 saturated carbocycles. The SMILES string of the molecule is COc1ccc(CN2CCC[C@@H](n3cc(C(=O)NCC(C)C)nn3)C2)c(O)c1. The number of ether oxygens (including phenoxy) is 1. The van der Waals surface area contributed by atoms with E-state index in [0.717, 1.165) is 31.5 Å². The number of likely N-dealkylation sites (tertiary alicyclic amines) is 1. The van der Waals surface area contributed by atoms with Gasteiger partial charge < -0.3 is 15.2 Å². The maximum atomic E-state index is 12.2. The van der Waals surface area contributed by atoms with Gasteiger partial charge in [-0.2, -0.15) is 0 Å². The topological polar surface area (TPSA) is 92.5 Å². The van der Waals surface area contributed by atoms with Gasteiger partial charge in [0, 0.05) is 31.3 Å². The van der Waals surface area contributed by atoms with Gasteiger partial charge in [-0.1, -0.05) is 25.1 Å². The number of carbonyl (C=O) groups excluding carboxylic acids is 1. The van der Waals surface area contributed by atoms with Crippen LogP contribution in [0.5, 0.6) is 11.5 Å². The molecule has 1 aromatic heterocycles. The van der Waals surface area contributed by atoms with Gasteiger partial charge in [-0.25, -0.2) is 4.68 Å². The first-order valence-corrected chi connectivity index (χ1v) is 9.74. The number of hydrogen-bond donors (Lipinski definition) is 2. The van der Waals surface area contributed by atoms with Crippen molar-refractivity contribution in [2.75, 3.05) is 26.7 Å². The molecule has 152 valence electrons. The number of nitrogens with zero attached hydrogens (tertiary/aromatic N) is 4. The van der Waals surface area contributed by atoms with Gasteiger partial charge in [0.05, 0.1) is 19.3 Å². The number of nitrogens with one attached hydrogen (secondary N) is 1. The van der Waals surface area contributed by atoms with Gasteiger partial charge in [0.1, 0.15) is 11.5 Å². The Bertz CT molecular complexity index is 805. The van der Waals surface area contributed by atoms with Crippen LogP contribution in [0.1, 0.15) is 48.8 Å². The average molecular weight is 387 g/mol. The van der Waals surface area contributed by atoms with Crippen molar-refractivity contribution in [3.63, 3.8) is 0 Å². The second kappa shape index (κ2) is 9.05. The molecule has 1 aromatic carbocycles. The van der Waals surface area contributed by atoms with Gasteiger partial charge in [-0.15, -0.1) is 5.10 Å². The van der Waals surface area contributed by atoms with Crippen LogP contribution >= 0.6 is 0 Å². The Balaban J connectivity index is 1.61. The molecule has 8 nitrogen and oxygen atoms in total. The lowest BCUT2D eigenvalue weighted by atomic mass is 10.0. The number of aromatic hydroxyl groups is 1. The molecule has 1 fully saturated rings. The van der Waals surface area contributed by atoms with Crippen LogP contribution in [0.15, 0.2) is 24.4 Å². The van der Waals surface area contributed by atoms with E-state index in [1.165, 1.54) is 0 Å². The molecule has 1 aliphatic rings. The average Bonchev–Trinajstić information content (AvgIpc) is 3.18. The van der Waals surface area contributed by atoms with Crippen molar-refractivity contribution in [1.29, 1.82) is 0 Å². The zero-order chi connectivity index (χ0) is 20.1. The fourth-order valence-corrected chi connectivity index (χ4v) is 3.38. The molecule has 0 radical (unpaired) electrons. The molecule has 3 rings (SSSR count). The van der Waals surface area contributed by atoms with Crippen molar-refractivity contribution in [3.05, 3.63) is 35.7 Å². The Morgan fingerprint density at radius 1 is 1.43 bits per heavy atom. The first-order chi connectivity index (χ1) is 13.5. The summed E-state index contributed by atoms with van der Waals surface area (Å²) in [6.07, 6.45) is 3.74. The van der Waals surface area contributed by atoms with Crippen LogP contribution in [-0.4, -0.2) is 57.7 Å². The molecule has 0 unspecified atom stereocenters. The Labute approximate surface area is 165 Å². The maximum absolute atomic E-state index is 12.2. The van der Waals surface area contributed by atoms with Gasteiger partial charge in [0.15, 0.2) is 5.69 Å². The Morgan fingerprint density at radius 2 is 2.25 bits per heavy atom. The maximum Gasteiger partial charge on any atom is 0.273 e. The Kier molecular flexibility index (Phi) is 6.51. The number of phenolic OH excluding ortho intramolecular Hbond substituents is 1. The largest absolute Gasteiger partial charge is 0.507 e. The quantitative estimate of drug-likeness (QED) is 0.757. The lowest BCUT2D eigenvalue weighted by Gasteiger charge is -2.32. The molecule has 2 N–H and O–H groups in total. The van der Waals surface area contributed by atoms with Crippen LogP contribution in [0.2, 0.25) is 0 Å². The summed E-state index contributed by atoms with van der Waals surface area (Å²) in [7, 11) is 1.58. The fraction of sp³-hybridized carbons (Fsp3) is 0.550. The third-order valence-electron chi connectivity index (χ3n) is 4.95. The highest BCUT2D eigenvalue weighted by Crippen LogP contribution is 2.27. The number of methoxy groups -OCH3 is 1. The lowest BCUT2D eigenvalue weighted by molar-refractivity contribution is 0.0944. The van der Waals surface area contributed by atoms with E-state index in [2.05, 4.69) is 20.5 Å². The predicted molar refractivity (Wildman–Crippen MR) is 105 cm³/mol. The van der Waals surface area contributed by atoms with E-state index in [1.807, 2.05) is 26.0 Å². The summed E-state index contributed by atoms with van der Waals surface area (Å²) >= 11 is 0. The predicted octanol–water partition coefficient (Wildman–Crippen LogP) is 2.22. The number of amides is 1. The molecule has 1 atom stereocenters. The van der Waals surface area contributed by atoms with E-state index in [-0.39, 0.29) is 17.7 Å². The van der Waals surface area contributed by atoms with E-state index < -0.39 is 0 Å². The van der Waals surface area contributed by atoms with E-state index in [0.29, 0.717) is 30.5 Å². The van der Waals surface area contributed by atoms with Gasteiger partial charge >= 0.3 is 0 Å². The van der Waals surface area contributed by atoms with Crippen LogP contribution in [0.4, 0.5) is 0 Å². The molecule has 2 heterocycles. The first kappa shape index (κ1) is 20.1. The Hall–Kier alpha value is -2.61. The van der Waals surface area contributed by atoms with E-state index in [1.54, 1.807) is 24.1 Å². The van der Waals surface area contributed by atoms with Crippen molar-refractivity contribution in [2.24, 2.45) is 5.92 Å². The van der Waals surface area contributed by atoms with E-state index >= 15 is 0 Å². The van der Waals surface area contributed by atoms with E-state index in [4.69, 9.17) is 4.74 Å². The van der Waals surface area contributed by atoms with Crippen LogP contribution in [-0.2, 0) is 6.54 Å². The van der Waals surface area contributed by atoms with Crippen LogP contribution in [0.3, 0.4) is 0 Å². The normalized spacial score (nSPS) is 17.6. The standard InChI is InChI=1S/C20H29N5O3/c1-14(2)10-21-20(27)18-13-25(23-22-18)16-5-4-8-24(12-16)11-15-6-7-17(28-3)9-19(15)26/h6-7,9,13-14,16,26H,4-5,8,10-12H2,1-3H3,(H,21,27)/t16-/m1/s1. The third-order valence-corrected chi connectivity index (χ3v) is 4.95. The minimum Gasteiger partial charge on any atom is -0.507 e. The zero-order valence-electron chi connectivity index (χ0n) is 16.8. The Morgan fingerprint density at radius 3 is 2.96 bits per heavy atom. The van der Waals surface area contributed by atoms with Crippen molar-refractivity contribution in [2.45, 2.75) is 39.3 Å². The molecule has 8 heteroatoms. The smallest absolute Gasteiger partial charge is 0.273 e. The molecular formula is C20H29N5O3. The molecule has 1 amide bonds. The summed E-state index contributed by atoms with van der Waals surface area (Å²) in [6.45, 7) is 7.13. The van der Waals surface area contributed by atoms with Crippen LogP contribution in [0, 0.1) is 5.92 Å². The monoisotopic (exact) mass is 387 g/mol. The second-order valence-corrected chi connectivity index (χ2v) is 7.71. The molecule has 28 heavy (non-hydrogen) atoms. The van der Waals surface area contributed by atoms with Crippen LogP contribution < -0.4 is 10.1 Å². The van der Waals surface area contributed by atoms with E-state index in [9.17, 15) is 9.90 Å².